The van der Waals surface area contributed by atoms with Crippen molar-refractivity contribution < 1.29 is 4.39 Å². The molecule has 1 aromatic heterocycles. The van der Waals surface area contributed by atoms with E-state index in [-0.39, 0.29) is 5.82 Å². The van der Waals surface area contributed by atoms with Gasteiger partial charge in [-0.3, -0.25) is 0 Å². The van der Waals surface area contributed by atoms with Gasteiger partial charge in [0.05, 0.1) is 17.1 Å². The lowest BCUT2D eigenvalue weighted by Crippen LogP contribution is -1.99. The second-order valence-corrected chi connectivity index (χ2v) is 7.40. The van der Waals surface area contributed by atoms with Gasteiger partial charge >= 0.3 is 0 Å². The predicted octanol–water partition coefficient (Wildman–Crippen LogP) is 6.58. The van der Waals surface area contributed by atoms with Crippen molar-refractivity contribution in [3.63, 3.8) is 0 Å². The van der Waals surface area contributed by atoms with Crippen molar-refractivity contribution in [2.45, 2.75) is 27.7 Å². The molecule has 0 saturated heterocycles. The first-order valence-corrected chi connectivity index (χ1v) is 9.43. The second kappa shape index (κ2) is 7.08. The Bertz CT molecular complexity index is 1150. The fourth-order valence-electron chi connectivity index (χ4n) is 3.31. The Morgan fingerprint density at radius 2 is 1.21 bits per heavy atom. The zero-order valence-electron chi connectivity index (χ0n) is 16.6. The van der Waals surface area contributed by atoms with Gasteiger partial charge in [0.25, 0.3) is 0 Å². The summed E-state index contributed by atoms with van der Waals surface area (Å²) < 4.78 is 15.3. The van der Waals surface area contributed by atoms with Crippen LogP contribution in [0.4, 0.5) is 4.39 Å². The molecule has 3 aromatic carbocycles. The molecule has 0 aliphatic carbocycles. The quantitative estimate of drug-likeness (QED) is 0.398. The monoisotopic (exact) mass is 370 g/mol. The Morgan fingerprint density at radius 3 is 1.82 bits per heavy atom. The Balaban J connectivity index is 1.91. The molecule has 2 nitrogen and oxygen atoms in total. The van der Waals surface area contributed by atoms with Crippen LogP contribution in [-0.4, -0.2) is 9.78 Å². The molecule has 0 bridgehead atoms. The molecular formula is C25H23FN2. The average Bonchev–Trinajstić information content (AvgIpc) is 3.12. The summed E-state index contributed by atoms with van der Waals surface area (Å²) in [5.74, 6) is -0.252. The fourth-order valence-corrected chi connectivity index (χ4v) is 3.31. The molecule has 3 heteroatoms. The molecule has 0 atom stereocenters. The first-order valence-electron chi connectivity index (χ1n) is 9.43. The maximum absolute atomic E-state index is 13.4. The van der Waals surface area contributed by atoms with Crippen molar-refractivity contribution in [2.75, 3.05) is 0 Å². The average molecular weight is 370 g/mol. The predicted molar refractivity (Wildman–Crippen MR) is 113 cm³/mol. The SMILES string of the molecule is Cc1ccc(-c2cc(-c3ccc(C)c(C)c3)n(-c3ccc(F)cc3)n2)cc1C. The smallest absolute Gasteiger partial charge is 0.123 e. The zero-order chi connectivity index (χ0) is 19.8. The van der Waals surface area contributed by atoms with Crippen molar-refractivity contribution in [3.05, 3.63) is 94.8 Å². The molecule has 0 aliphatic rings. The van der Waals surface area contributed by atoms with Crippen LogP contribution in [0.3, 0.4) is 0 Å². The fraction of sp³-hybridized carbons (Fsp3) is 0.160. The van der Waals surface area contributed by atoms with Gasteiger partial charge in [-0.25, -0.2) is 9.07 Å². The molecule has 0 saturated carbocycles. The molecule has 4 aromatic rings. The highest BCUT2D eigenvalue weighted by molar-refractivity contribution is 5.71. The molecule has 4 rings (SSSR count). The van der Waals surface area contributed by atoms with E-state index in [1.165, 1.54) is 34.4 Å². The lowest BCUT2D eigenvalue weighted by atomic mass is 10.0. The summed E-state index contributed by atoms with van der Waals surface area (Å²) in [6, 6.07) is 21.4. The Kier molecular flexibility index (Phi) is 4.60. The van der Waals surface area contributed by atoms with Crippen LogP contribution in [0.2, 0.25) is 0 Å². The van der Waals surface area contributed by atoms with Crippen molar-refractivity contribution in [3.8, 4) is 28.2 Å². The van der Waals surface area contributed by atoms with Gasteiger partial charge in [0.2, 0.25) is 0 Å². The summed E-state index contributed by atoms with van der Waals surface area (Å²) >= 11 is 0. The molecule has 0 amide bonds. The highest BCUT2D eigenvalue weighted by Crippen LogP contribution is 2.30. The minimum Gasteiger partial charge on any atom is -0.232 e. The third-order valence-electron chi connectivity index (χ3n) is 5.39. The molecule has 0 unspecified atom stereocenters. The molecule has 0 N–H and O–H groups in total. The van der Waals surface area contributed by atoms with Gasteiger partial charge in [0, 0.05) is 11.1 Å². The molecule has 28 heavy (non-hydrogen) atoms. The van der Waals surface area contributed by atoms with Gasteiger partial charge in [0.15, 0.2) is 0 Å². The van der Waals surface area contributed by atoms with E-state index in [1.54, 1.807) is 12.1 Å². The number of halogens is 1. The van der Waals surface area contributed by atoms with Gasteiger partial charge in [-0.2, -0.15) is 5.10 Å². The normalized spacial score (nSPS) is 11.0. The van der Waals surface area contributed by atoms with Crippen molar-refractivity contribution >= 4 is 0 Å². The van der Waals surface area contributed by atoms with Crippen molar-refractivity contribution in [2.24, 2.45) is 0 Å². The highest BCUT2D eigenvalue weighted by Gasteiger charge is 2.14. The van der Waals surface area contributed by atoms with Crippen LogP contribution in [0.1, 0.15) is 22.3 Å². The summed E-state index contributed by atoms with van der Waals surface area (Å²) in [4.78, 5) is 0. The van der Waals surface area contributed by atoms with E-state index in [9.17, 15) is 4.39 Å². The number of benzene rings is 3. The van der Waals surface area contributed by atoms with Gasteiger partial charge in [0.1, 0.15) is 5.82 Å². The van der Waals surface area contributed by atoms with Crippen molar-refractivity contribution in [1.82, 2.24) is 9.78 Å². The minimum atomic E-state index is -0.252. The molecule has 0 fully saturated rings. The van der Waals surface area contributed by atoms with E-state index in [1.807, 2.05) is 4.68 Å². The van der Waals surface area contributed by atoms with Crippen LogP contribution in [0.25, 0.3) is 28.2 Å². The molecular weight excluding hydrogens is 347 g/mol. The van der Waals surface area contributed by atoms with E-state index in [2.05, 4.69) is 70.2 Å². The third-order valence-corrected chi connectivity index (χ3v) is 5.39. The van der Waals surface area contributed by atoms with Crippen molar-refractivity contribution in [1.29, 1.82) is 0 Å². The second-order valence-electron chi connectivity index (χ2n) is 7.40. The standard InChI is InChI=1S/C25H23FN2/c1-16-5-7-20(13-18(16)3)24-15-25(21-8-6-17(2)19(4)14-21)28(27-24)23-11-9-22(26)10-12-23/h5-15H,1-4H3. The Hall–Kier alpha value is -3.20. The topological polar surface area (TPSA) is 17.8 Å². The Morgan fingerprint density at radius 1 is 0.643 bits per heavy atom. The van der Waals surface area contributed by atoms with Crippen LogP contribution >= 0.6 is 0 Å². The third kappa shape index (κ3) is 3.36. The molecule has 0 aliphatic heterocycles. The number of hydrogen-bond donors (Lipinski definition) is 0. The highest BCUT2D eigenvalue weighted by atomic mass is 19.1. The van der Waals surface area contributed by atoms with Gasteiger partial charge < -0.3 is 0 Å². The van der Waals surface area contributed by atoms with E-state index in [4.69, 9.17) is 5.10 Å². The molecule has 140 valence electrons. The number of hydrogen-bond acceptors (Lipinski definition) is 1. The number of aromatic nitrogens is 2. The minimum absolute atomic E-state index is 0.252. The maximum Gasteiger partial charge on any atom is 0.123 e. The first-order chi connectivity index (χ1) is 13.4. The number of rotatable bonds is 3. The summed E-state index contributed by atoms with van der Waals surface area (Å²) in [6.07, 6.45) is 0. The zero-order valence-corrected chi connectivity index (χ0v) is 16.6. The number of aryl methyl sites for hydroxylation is 4. The van der Waals surface area contributed by atoms with Gasteiger partial charge in [-0.15, -0.1) is 0 Å². The van der Waals surface area contributed by atoms with E-state index >= 15 is 0 Å². The number of nitrogens with zero attached hydrogens (tertiary/aromatic N) is 2. The summed E-state index contributed by atoms with van der Waals surface area (Å²) in [7, 11) is 0. The summed E-state index contributed by atoms with van der Waals surface area (Å²) in [5.41, 5.74) is 9.89. The van der Waals surface area contributed by atoms with Gasteiger partial charge in [-0.1, -0.05) is 24.3 Å². The van der Waals surface area contributed by atoms with E-state index < -0.39 is 0 Å². The maximum atomic E-state index is 13.4. The van der Waals surface area contributed by atoms with Crippen LogP contribution in [0, 0.1) is 33.5 Å². The van der Waals surface area contributed by atoms with Gasteiger partial charge in [-0.05, 0) is 92.4 Å². The largest absolute Gasteiger partial charge is 0.232 e. The molecule has 0 spiro atoms. The van der Waals surface area contributed by atoms with E-state index in [0.29, 0.717) is 0 Å². The van der Waals surface area contributed by atoms with Crippen LogP contribution in [-0.2, 0) is 0 Å². The first kappa shape index (κ1) is 18.2. The van der Waals surface area contributed by atoms with Crippen LogP contribution in [0.15, 0.2) is 66.7 Å². The summed E-state index contributed by atoms with van der Waals surface area (Å²) in [5, 5.41) is 4.87. The molecule has 1 heterocycles. The lowest BCUT2D eigenvalue weighted by Gasteiger charge is -2.09. The van der Waals surface area contributed by atoms with Crippen LogP contribution in [0.5, 0.6) is 0 Å². The lowest BCUT2D eigenvalue weighted by molar-refractivity contribution is 0.627. The van der Waals surface area contributed by atoms with E-state index in [0.717, 1.165) is 28.2 Å². The summed E-state index contributed by atoms with van der Waals surface area (Å²) in [6.45, 7) is 8.44. The Labute approximate surface area is 165 Å². The molecule has 0 radical (unpaired) electrons. The van der Waals surface area contributed by atoms with Crippen LogP contribution < -0.4 is 0 Å².